The number of hydrogen-bond acceptors (Lipinski definition) is 12. The summed E-state index contributed by atoms with van der Waals surface area (Å²) in [5.74, 6) is 0. The van der Waals surface area contributed by atoms with E-state index in [2.05, 4.69) is 0 Å². The van der Waals surface area contributed by atoms with Crippen LogP contribution in [-0.4, -0.2) is 50.4 Å². The van der Waals surface area contributed by atoms with E-state index in [9.17, 15) is 0 Å². The Bertz CT molecular complexity index is 270. The molecule has 0 saturated heterocycles. The van der Waals surface area contributed by atoms with Gasteiger partial charge in [0.2, 0.25) is 0 Å². The second-order valence-corrected chi connectivity index (χ2v) is 4.71. The standard InChI is InChI=1S/Mg.2Nb.12O.Pb.2Ti.Zr/q+2;;;;;;;;;6*-1;;;;+4. The Balaban J connectivity index is -0.0000000192. The molecule has 0 aromatic heterocycles. The minimum atomic E-state index is -4.20. The molecule has 0 amide bonds. The van der Waals surface area contributed by atoms with Gasteiger partial charge < -0.3 is 0 Å². The normalized spacial score (nSPS) is 5.37. The summed E-state index contributed by atoms with van der Waals surface area (Å²) in [6.07, 6.45) is 0. The van der Waals surface area contributed by atoms with Crippen LogP contribution in [0.5, 0.6) is 0 Å². The van der Waals surface area contributed by atoms with Crippen molar-refractivity contribution >= 4 is 50.4 Å². The molecule has 0 unspecified atom stereocenters. The average molecular weight is 796 g/mol. The monoisotopic (exact) mass is 796 g/mol. The summed E-state index contributed by atoms with van der Waals surface area (Å²) in [7, 11) is 0. The fourth-order valence-corrected chi connectivity index (χ4v) is 0. The summed E-state index contributed by atoms with van der Waals surface area (Å²) in [5, 5.41) is 0. The molecule has 0 bridgehead atoms. The van der Waals surface area contributed by atoms with Crippen molar-refractivity contribution in [2.45, 2.75) is 0 Å². The average Bonchev–Trinajstić information content (AvgIpc) is 1.76. The minimum absolute atomic E-state index is 0. The summed E-state index contributed by atoms with van der Waals surface area (Å²) in [4.78, 5) is 0. The maximum absolute atomic E-state index is 8.60. The molecule has 0 spiro atoms. The largest absolute Gasteiger partial charge is 4.00 e. The van der Waals surface area contributed by atoms with Crippen LogP contribution in [0, 0.1) is 0 Å². The summed E-state index contributed by atoms with van der Waals surface area (Å²) < 4.78 is 103. The molecule has 0 aliphatic carbocycles. The SMILES string of the molecule is [Mg+2].[O]=[Nb](=[O])[O-].[O]=[Nb](=[O])[O-].[O]=[Ti]([O-])[O-].[O]=[Ti]([O-])[O-].[Pb].[Zr+4]. The van der Waals surface area contributed by atoms with Gasteiger partial charge >= 0.3 is 166 Å². The first kappa shape index (κ1) is 43.5. The van der Waals surface area contributed by atoms with Crippen LogP contribution in [0.2, 0.25) is 0 Å². The van der Waals surface area contributed by atoms with Gasteiger partial charge in [-0.3, -0.25) is 0 Å². The van der Waals surface area contributed by atoms with Crippen LogP contribution in [0.4, 0.5) is 0 Å². The summed E-state index contributed by atoms with van der Waals surface area (Å²) >= 11 is -16.6. The van der Waals surface area contributed by atoms with Gasteiger partial charge in [-0.25, -0.2) is 0 Å². The Kier molecular flexibility index (Phi) is 86.8. The molecule has 0 aromatic carbocycles. The first-order chi connectivity index (χ1) is 6.93. The van der Waals surface area contributed by atoms with Gasteiger partial charge in [0.25, 0.3) is 0 Å². The van der Waals surface area contributed by atoms with Crippen molar-refractivity contribution in [1.82, 2.24) is 0 Å². The zero-order valence-electron chi connectivity index (χ0n) is 8.50. The van der Waals surface area contributed by atoms with Crippen LogP contribution in [-0.2, 0) is 121 Å². The minimum Gasteiger partial charge on any atom is 0 e. The predicted molar refractivity (Wildman–Crippen MR) is 15.6 cm³/mol. The zero-order valence-corrected chi connectivity index (χ0v) is 23.8. The van der Waals surface area contributed by atoms with E-state index in [0.717, 1.165) is 0 Å². The van der Waals surface area contributed by atoms with E-state index >= 15 is 0 Å². The summed E-state index contributed by atoms with van der Waals surface area (Å²) in [6, 6.07) is 0. The van der Waals surface area contributed by atoms with Crippen LogP contribution in [0.15, 0.2) is 0 Å². The van der Waals surface area contributed by atoms with E-state index in [1.54, 1.807) is 0 Å². The van der Waals surface area contributed by atoms with Gasteiger partial charge in [-0.1, -0.05) is 0 Å². The quantitative estimate of drug-likeness (QED) is 0.208. The van der Waals surface area contributed by atoms with E-state index in [-0.39, 0.29) is 76.6 Å². The molecule has 0 N–H and O–H groups in total. The topological polar surface area (TPSA) is 241 Å². The van der Waals surface area contributed by atoms with E-state index in [1.807, 2.05) is 0 Å². The van der Waals surface area contributed by atoms with Gasteiger partial charge in [-0.05, 0) is 0 Å². The predicted octanol–water partition coefficient (Wildman–Crippen LogP) is -8.62. The molecular weight excluding hydrogens is 796 g/mol. The number of hydrogen-bond donors (Lipinski definition) is 0. The van der Waals surface area contributed by atoms with Crippen LogP contribution in [0.3, 0.4) is 0 Å². The fraction of sp³-hybridized carbons (Fsp3) is 0. The van der Waals surface area contributed by atoms with Crippen molar-refractivity contribution in [3.63, 3.8) is 0 Å². The Morgan fingerprint density at radius 2 is 0.684 bits per heavy atom. The molecule has 0 rings (SSSR count). The van der Waals surface area contributed by atoms with Gasteiger partial charge in [0.1, 0.15) is 0 Å². The molecule has 0 atom stereocenters. The molecule has 0 aliphatic heterocycles. The Morgan fingerprint density at radius 3 is 0.684 bits per heavy atom. The Morgan fingerprint density at radius 1 is 0.684 bits per heavy atom. The number of rotatable bonds is 0. The molecule has 0 aromatic rings. The third kappa shape index (κ3) is 542. The van der Waals surface area contributed by atoms with Crippen molar-refractivity contribution in [3.8, 4) is 0 Å². The molecule has 4 radical (unpaired) electrons. The van der Waals surface area contributed by atoms with E-state index in [1.165, 1.54) is 0 Å². The molecule has 19 heteroatoms. The molecule has 0 aliphatic rings. The van der Waals surface area contributed by atoms with Crippen LogP contribution in [0.25, 0.3) is 0 Å². The zero-order chi connectivity index (χ0) is 14.3. The fourth-order valence-electron chi connectivity index (χ4n) is 0. The molecule has 19 heavy (non-hydrogen) atoms. The molecule has 0 heterocycles. The second-order valence-electron chi connectivity index (χ2n) is 0.947. The smallest absolute Gasteiger partial charge is 0 e. The van der Waals surface area contributed by atoms with E-state index < -0.39 is 74.8 Å². The Labute approximate surface area is 189 Å². The van der Waals surface area contributed by atoms with Crippen molar-refractivity contribution in [3.05, 3.63) is 0 Å². The van der Waals surface area contributed by atoms with Gasteiger partial charge in [0, 0.05) is 27.3 Å². The summed E-state index contributed by atoms with van der Waals surface area (Å²) in [5.41, 5.74) is 0. The van der Waals surface area contributed by atoms with Crippen molar-refractivity contribution in [1.29, 1.82) is 0 Å². The van der Waals surface area contributed by atoms with E-state index in [0.29, 0.717) is 0 Å². The molecular formula is MgNb2O12PbTi2Zr. The van der Waals surface area contributed by atoms with Gasteiger partial charge in [0.15, 0.2) is 0 Å². The Hall–Kier alpha value is 4.04. The molecule has 0 saturated carbocycles. The summed E-state index contributed by atoms with van der Waals surface area (Å²) in [6.45, 7) is 0. The second kappa shape index (κ2) is 37.9. The third-order valence-corrected chi connectivity index (χ3v) is 0. The van der Waals surface area contributed by atoms with Crippen LogP contribution >= 0.6 is 0 Å². The maximum Gasteiger partial charge on any atom is 4.00 e. The van der Waals surface area contributed by atoms with Crippen molar-refractivity contribution in [2.24, 2.45) is 0 Å². The maximum atomic E-state index is 8.60. The van der Waals surface area contributed by atoms with Crippen LogP contribution < -0.4 is 22.0 Å². The third-order valence-electron chi connectivity index (χ3n) is 0. The van der Waals surface area contributed by atoms with Gasteiger partial charge in [0.05, 0.1) is 0 Å². The molecule has 12 nitrogen and oxygen atoms in total. The van der Waals surface area contributed by atoms with Crippen molar-refractivity contribution < 1.29 is 143 Å². The van der Waals surface area contributed by atoms with Gasteiger partial charge in [-0.15, -0.1) is 0 Å². The van der Waals surface area contributed by atoms with Crippen molar-refractivity contribution in [2.75, 3.05) is 0 Å². The molecule has 0 fully saturated rings. The first-order valence-corrected chi connectivity index (χ1v) is 11.5. The first-order valence-electron chi connectivity index (χ1n) is 2.32. The van der Waals surface area contributed by atoms with E-state index in [4.69, 9.17) is 41.6 Å². The van der Waals surface area contributed by atoms with Gasteiger partial charge in [-0.2, -0.15) is 0 Å². The molecule has 100 valence electrons. The van der Waals surface area contributed by atoms with Crippen LogP contribution in [0.1, 0.15) is 0 Å².